The number of H-pyrrole nitrogens is 7. The molecule has 3 unspecified atom stereocenters. The molecule has 1 saturated heterocycles. The summed E-state index contributed by atoms with van der Waals surface area (Å²) in [4.78, 5) is 219. The number of carbonyl (C=O) groups excluding carboxylic acids is 4. The van der Waals surface area contributed by atoms with Crippen LogP contribution in [0.4, 0.5) is 35.7 Å². The van der Waals surface area contributed by atoms with E-state index in [9.17, 15) is 80.9 Å². The van der Waals surface area contributed by atoms with Gasteiger partial charge in [-0.2, -0.15) is 29.9 Å². The van der Waals surface area contributed by atoms with Crippen molar-refractivity contribution in [2.75, 3.05) is 126 Å². The molecule has 3 atom stereocenters. The third kappa shape index (κ3) is 34.3. The molecule has 12 aromatic rings. The number of aromatic amines is 7. The number of amides is 2. The molecule has 0 spiro atoms. The number of halogens is 2. The monoisotopic (exact) mass is 1900 g/mol. The van der Waals surface area contributed by atoms with Gasteiger partial charge in [-0.3, -0.25) is 130 Å². The number of phosphoric acid groups is 3. The Hall–Kier alpha value is -11.8. The standard InChI is InChI=1S/C12H15N5O5.C9H9N5O3.C8H10Cl2N5O4P.C8H14N5O12P3.C8H11N5O3.C6H15N.C5H5N5O.C3H6O2/c1-7(18)14-12-15-10-9(11(20)16-12)13-5-17(10)6-21-3-4-22-8(2)19;1-4(15)11-9-12-7-6(8(17)13-9)10-3-14(7)5(2)16;9-20(10,17)19-2-1-18-4-15-3-12-5-6(15)13-8(11)14-7(5)16;9-8-11-6-5(7(14)12-8)10-3-13(6)4-22-1-2-23-27(18,19)25-28(20,21)24-26(15,16)17;9-8-11-6-5(7(15)12-8)10-3-13(6)4-16-2-1-14;1-4-7(5-2)6-3;6-5-9-3-2(4(11)10-5)7-1-8-3;1-2-5-3-4-1/h5H,3-4,6H2,1-2H3,(H2,14,15,16,18,20);3H,1-2H3,(H2,11,12,13,15,17);3H,1-2,4H2,(H3,11,13,14,16);3H,1-2,4H2,(H,18,19)(H,20,21)(H2,15,16,17)(H3,9,11,12,14);3,14H,1-2,4H2,(H3,9,11,12,15);4-6H2,1-3H3;1H,(H4,6,7,8,9,10,11);1-3H2/p-2. The van der Waals surface area contributed by atoms with E-state index >= 15 is 0 Å². The molecule has 67 heteroatoms. The van der Waals surface area contributed by atoms with E-state index in [1.807, 2.05) is 0 Å². The van der Waals surface area contributed by atoms with Gasteiger partial charge in [-0.15, -0.1) is 0 Å². The van der Waals surface area contributed by atoms with Crippen LogP contribution in [-0.2, 0) is 110 Å². The SMILES string of the molecule is C1COCO1.CC(=O)Nc1nc2c(ncn2C(C)=O)c(=O)[nH]1.CC(=O)Nc1nc2c(ncn2COCCOC(C)=O)c(=O)[nH]1.CC[NH+](CC)CC.Nc1nc2c(ncn2COCCO)c(=O)[nH]1.Nc1nc2c(ncn2COCCOP(=O)(Cl)Cl)c(=O)[nH]1.Nc1nc2c(ncn2COCCOP(=O)([O-])OP(=O)([O-])OP(=O)([O-])O)c(=O)[nH]1.Nc1nc2nc[nH]c2c(=O)[nH]1. The summed E-state index contributed by atoms with van der Waals surface area (Å²) < 4.78 is 100. The summed E-state index contributed by atoms with van der Waals surface area (Å²) >= 11 is 10.4. The fraction of sp³-hybridized carbons (Fsp3) is 0.424. The van der Waals surface area contributed by atoms with Gasteiger partial charge in [0.2, 0.25) is 53.4 Å². The number of nitrogens with two attached hydrogens (primary N) is 4. The van der Waals surface area contributed by atoms with E-state index in [-0.39, 0.29) is 182 Å². The second kappa shape index (κ2) is 49.2. The van der Waals surface area contributed by atoms with E-state index in [1.165, 1.54) is 104 Å². The van der Waals surface area contributed by atoms with E-state index < -0.39 is 65.0 Å². The first-order chi connectivity index (χ1) is 59.4. The van der Waals surface area contributed by atoms with Crippen LogP contribution in [-0.4, -0.2) is 244 Å². The number of phosphoric ester groups is 1. The summed E-state index contributed by atoms with van der Waals surface area (Å²) in [7, 11) is -17.3. The average molecular weight is 1900 g/mol. The topological polar surface area (TPSA) is 873 Å². The number of rotatable bonds is 30. The molecule has 13 heterocycles. The predicted octanol–water partition coefficient (Wildman–Crippen LogP) is -4.43. The number of imidazole rings is 6. The highest BCUT2D eigenvalue weighted by Gasteiger charge is 2.25. The van der Waals surface area contributed by atoms with Crippen molar-refractivity contribution >= 4 is 178 Å². The summed E-state index contributed by atoms with van der Waals surface area (Å²) in [5.74, 6) is -1.49. The number of fused-ring (bicyclic) bond motifs is 6. The Bertz CT molecular complexity index is 6230. The minimum atomic E-state index is -5.95. The molecule has 0 radical (unpaired) electrons. The van der Waals surface area contributed by atoms with Gasteiger partial charge in [-0.25, -0.2) is 38.5 Å². The second-order valence-corrected chi connectivity index (χ2v) is 32.6. The molecule has 0 aromatic carbocycles. The maximum atomic E-state index is 11.8. The molecule has 12 aromatic heterocycles. The zero-order chi connectivity index (χ0) is 93.2. The van der Waals surface area contributed by atoms with Crippen molar-refractivity contribution in [3.63, 3.8) is 0 Å². The van der Waals surface area contributed by atoms with Crippen LogP contribution in [0.5, 0.6) is 0 Å². The number of anilines is 6. The molecule has 20 N–H and O–H groups in total. The normalized spacial score (nSPS) is 13.1. The number of quaternary nitrogens is 1. The molecule has 0 aliphatic carbocycles. The Morgan fingerprint density at radius 2 is 0.873 bits per heavy atom. The lowest BCUT2D eigenvalue weighted by atomic mass is 10.5. The number of hydrogen-bond donors (Lipinski definition) is 16. The number of hydrogen-bond acceptors (Lipinski definition) is 45. The van der Waals surface area contributed by atoms with Gasteiger partial charge in [0.15, 0.2) is 67.0 Å². The molecule has 61 nitrogen and oxygen atoms in total. The van der Waals surface area contributed by atoms with E-state index in [1.54, 1.807) is 4.90 Å². The number of ether oxygens (including phenoxy) is 7. The lowest BCUT2D eigenvalue weighted by Crippen LogP contribution is -3.11. The van der Waals surface area contributed by atoms with Crippen molar-refractivity contribution in [1.29, 1.82) is 0 Å². The van der Waals surface area contributed by atoms with Gasteiger partial charge in [0, 0.05) is 27.7 Å². The zero-order valence-electron chi connectivity index (χ0n) is 67.0. The van der Waals surface area contributed by atoms with E-state index in [4.69, 9.17) is 88.6 Å². The summed E-state index contributed by atoms with van der Waals surface area (Å²) in [5, 5.41) is 13.3. The third-order valence-corrected chi connectivity index (χ3v) is 19.5. The number of aromatic nitrogens is 24. The van der Waals surface area contributed by atoms with Crippen LogP contribution >= 0.6 is 52.0 Å². The molecule has 0 bridgehead atoms. The van der Waals surface area contributed by atoms with Crippen molar-refractivity contribution in [3.8, 4) is 0 Å². The van der Waals surface area contributed by atoms with Crippen LogP contribution in [0.15, 0.2) is 66.7 Å². The first-order valence-electron chi connectivity index (χ1n) is 35.7. The number of carbonyl (C=O) groups is 4. The Morgan fingerprint density at radius 3 is 1.25 bits per heavy atom. The highest BCUT2D eigenvalue weighted by Crippen LogP contribution is 2.61. The van der Waals surface area contributed by atoms with E-state index in [0.717, 1.165) is 17.8 Å². The van der Waals surface area contributed by atoms with Crippen LogP contribution in [0.3, 0.4) is 0 Å². The van der Waals surface area contributed by atoms with Gasteiger partial charge in [0.05, 0.1) is 111 Å². The lowest BCUT2D eigenvalue weighted by molar-refractivity contribution is -0.894. The molecule has 1 fully saturated rings. The summed E-state index contributed by atoms with van der Waals surface area (Å²) in [6, 6.07) is 0. The molecular formula is C59H83Cl2N31O30P4-2. The maximum absolute atomic E-state index is 11.8. The minimum Gasteiger partial charge on any atom is -0.756 e. The van der Waals surface area contributed by atoms with Gasteiger partial charge >= 0.3 is 12.0 Å². The van der Waals surface area contributed by atoms with Gasteiger partial charge in [0.1, 0.15) is 46.7 Å². The quantitative estimate of drug-likeness (QED) is 0.0115. The minimum absolute atomic E-state index is 0.0157. The first-order valence-corrected chi connectivity index (χ1v) is 43.5. The summed E-state index contributed by atoms with van der Waals surface area (Å²) in [5.41, 5.74) is 21.2. The number of esters is 1. The fourth-order valence-electron chi connectivity index (χ4n) is 9.40. The Kier molecular flexibility index (Phi) is 40.3. The number of nitrogen functional groups attached to an aromatic ring is 4. The van der Waals surface area contributed by atoms with E-state index in [2.05, 4.69) is 144 Å². The molecule has 126 heavy (non-hydrogen) atoms. The summed E-state index contributed by atoms with van der Waals surface area (Å²) in [6.45, 7) is 17.2. The highest BCUT2D eigenvalue weighted by atomic mass is 35.9. The number of aliphatic hydroxyl groups is 1. The smallest absolute Gasteiger partial charge is 0.380 e. The molecule has 13 rings (SSSR count). The Balaban J connectivity index is 0.000000230. The van der Waals surface area contributed by atoms with Crippen LogP contribution in [0.1, 0.15) is 53.3 Å². The van der Waals surface area contributed by atoms with Crippen LogP contribution in [0.25, 0.3) is 67.0 Å². The van der Waals surface area contributed by atoms with Crippen molar-refractivity contribution < 1.29 is 118 Å². The van der Waals surface area contributed by atoms with Crippen LogP contribution < -0.4 is 86.5 Å². The fourth-order valence-corrected chi connectivity index (χ4v) is 13.0. The van der Waals surface area contributed by atoms with Crippen LogP contribution in [0, 0.1) is 0 Å². The summed E-state index contributed by atoms with van der Waals surface area (Å²) in [6.07, 6.45) is 4.49. The van der Waals surface area contributed by atoms with Gasteiger partial charge < -0.3 is 99.7 Å². The predicted molar refractivity (Wildman–Crippen MR) is 433 cm³/mol. The van der Waals surface area contributed by atoms with Gasteiger partial charge in [0.25, 0.3) is 56.8 Å². The lowest BCUT2D eigenvalue weighted by Gasteiger charge is -2.32. The molecule has 1 aliphatic rings. The highest BCUT2D eigenvalue weighted by molar-refractivity contribution is 8.05. The van der Waals surface area contributed by atoms with Crippen molar-refractivity contribution in [2.45, 2.75) is 75.4 Å². The Labute approximate surface area is 712 Å². The molecule has 690 valence electrons. The molecule has 0 saturated carbocycles. The first kappa shape index (κ1) is 103. The van der Waals surface area contributed by atoms with Crippen molar-refractivity contribution in [1.82, 2.24) is 118 Å². The molecule has 2 amide bonds. The number of nitrogens with one attached hydrogen (secondary N) is 10. The largest absolute Gasteiger partial charge is 0.756 e. The Morgan fingerprint density at radius 1 is 0.500 bits per heavy atom. The van der Waals surface area contributed by atoms with Crippen LogP contribution in [0.2, 0.25) is 0 Å². The average Bonchev–Trinajstić information content (AvgIpc) is 1.66. The number of nitrogens with zero attached hydrogens (tertiary/aromatic N) is 17. The van der Waals surface area contributed by atoms with Crippen molar-refractivity contribution in [3.05, 3.63) is 100 Å². The van der Waals surface area contributed by atoms with Gasteiger partial charge in [-0.1, -0.05) is 0 Å². The van der Waals surface area contributed by atoms with E-state index in [0.29, 0.717) is 29.3 Å². The molecular weight excluding hydrogens is 1820 g/mol. The maximum Gasteiger partial charge on any atom is 0.380 e. The van der Waals surface area contributed by atoms with Gasteiger partial charge in [-0.05, 0) is 43.3 Å². The van der Waals surface area contributed by atoms with Crippen molar-refractivity contribution in [2.24, 2.45) is 0 Å². The number of aliphatic hydroxyl groups excluding tert-OH is 1. The molecule has 1 aliphatic heterocycles. The zero-order valence-corrected chi connectivity index (χ0v) is 72.1. The second-order valence-electron chi connectivity index (χ2n) is 24.0. The third-order valence-electron chi connectivity index (χ3n) is 14.7.